The van der Waals surface area contributed by atoms with Crippen molar-refractivity contribution in [1.82, 2.24) is 14.8 Å². The molecule has 1 heterocycles. The fraction of sp³-hybridized carbons (Fsp3) is 0.353. The van der Waals surface area contributed by atoms with Crippen LogP contribution in [0.25, 0.3) is 0 Å². The highest BCUT2D eigenvalue weighted by atomic mass is 32.2. The lowest BCUT2D eigenvalue weighted by Crippen LogP contribution is -2.13. The Labute approximate surface area is 146 Å². The zero-order valence-corrected chi connectivity index (χ0v) is 14.8. The molecule has 0 saturated carbocycles. The second-order valence-electron chi connectivity index (χ2n) is 5.00. The van der Waals surface area contributed by atoms with E-state index in [1.54, 1.807) is 7.11 Å². The highest BCUT2D eigenvalue weighted by Crippen LogP contribution is 2.24. The molecule has 1 N–H and O–H groups in total. The number of aryl methyl sites for hydroxylation is 1. The third kappa shape index (κ3) is 4.61. The molecule has 0 unspecified atom stereocenters. The summed E-state index contributed by atoms with van der Waals surface area (Å²) in [7, 11) is 1.58. The minimum atomic E-state index is -0.0579. The van der Waals surface area contributed by atoms with Gasteiger partial charge in [-0.25, -0.2) is 0 Å². The number of ether oxygens (including phenoxy) is 1. The Morgan fingerprint density at radius 2 is 2.21 bits per heavy atom. The zero-order chi connectivity index (χ0) is 17.4. The van der Waals surface area contributed by atoms with Crippen molar-refractivity contribution in [3.05, 3.63) is 42.7 Å². The van der Waals surface area contributed by atoms with Gasteiger partial charge in [-0.15, -0.1) is 16.8 Å². The molecule has 6 nitrogen and oxygen atoms in total. The molecule has 7 heteroatoms. The standard InChI is InChI=1S/C17H22N4O2S/c1-4-11-21-15(5-2)19-20-17(21)24-12-10-16(22)18-13-8-6-7-9-14(13)23-3/h4,6-9H,1,5,10-12H2,2-3H3,(H,18,22). The van der Waals surface area contributed by atoms with E-state index in [0.717, 1.165) is 17.4 Å². The summed E-state index contributed by atoms with van der Waals surface area (Å²) in [6.45, 7) is 6.48. The predicted octanol–water partition coefficient (Wildman–Crippen LogP) is 3.16. The topological polar surface area (TPSA) is 69.0 Å². The van der Waals surface area contributed by atoms with Gasteiger partial charge >= 0.3 is 0 Å². The minimum Gasteiger partial charge on any atom is -0.495 e. The summed E-state index contributed by atoms with van der Waals surface area (Å²) < 4.78 is 7.25. The maximum atomic E-state index is 12.1. The van der Waals surface area contributed by atoms with Crippen molar-refractivity contribution in [3.63, 3.8) is 0 Å². The summed E-state index contributed by atoms with van der Waals surface area (Å²) in [4.78, 5) is 12.1. The van der Waals surface area contributed by atoms with Crippen molar-refractivity contribution < 1.29 is 9.53 Å². The Morgan fingerprint density at radius 1 is 1.42 bits per heavy atom. The molecule has 0 aliphatic heterocycles. The molecule has 0 fully saturated rings. The second kappa shape index (κ2) is 9.12. The number of anilines is 1. The molecule has 0 saturated heterocycles. The van der Waals surface area contributed by atoms with Gasteiger partial charge in [0.2, 0.25) is 5.91 Å². The Balaban J connectivity index is 1.89. The molecule has 24 heavy (non-hydrogen) atoms. The van der Waals surface area contributed by atoms with Gasteiger partial charge in [0.05, 0.1) is 12.8 Å². The van der Waals surface area contributed by atoms with Crippen LogP contribution in [-0.2, 0) is 17.8 Å². The molecule has 1 aromatic heterocycles. The minimum absolute atomic E-state index is 0.0579. The summed E-state index contributed by atoms with van der Waals surface area (Å²) in [6.07, 6.45) is 3.02. The maximum absolute atomic E-state index is 12.1. The van der Waals surface area contributed by atoms with Crippen LogP contribution in [0.3, 0.4) is 0 Å². The summed E-state index contributed by atoms with van der Waals surface area (Å²) in [5.41, 5.74) is 0.679. The van der Waals surface area contributed by atoms with E-state index in [0.29, 0.717) is 30.2 Å². The molecule has 2 rings (SSSR count). The van der Waals surface area contributed by atoms with Crippen molar-refractivity contribution in [2.75, 3.05) is 18.2 Å². The molecule has 1 aromatic carbocycles. The van der Waals surface area contributed by atoms with Crippen molar-refractivity contribution in [2.24, 2.45) is 0 Å². The third-order valence-corrected chi connectivity index (χ3v) is 4.33. The quantitative estimate of drug-likeness (QED) is 0.558. The molecule has 0 radical (unpaired) electrons. The van der Waals surface area contributed by atoms with Gasteiger partial charge in [0.15, 0.2) is 5.16 Å². The van der Waals surface area contributed by atoms with Gasteiger partial charge in [-0.2, -0.15) is 0 Å². The molecule has 1 amide bonds. The molecule has 0 atom stereocenters. The second-order valence-corrected chi connectivity index (χ2v) is 6.06. The summed E-state index contributed by atoms with van der Waals surface area (Å²) in [5, 5.41) is 12.0. The molecule has 128 valence electrons. The number of hydrogen-bond acceptors (Lipinski definition) is 5. The van der Waals surface area contributed by atoms with Crippen LogP contribution in [0.15, 0.2) is 42.1 Å². The Hall–Kier alpha value is -2.28. The van der Waals surface area contributed by atoms with Crippen molar-refractivity contribution in [1.29, 1.82) is 0 Å². The predicted molar refractivity (Wildman–Crippen MR) is 96.6 cm³/mol. The summed E-state index contributed by atoms with van der Waals surface area (Å²) in [5.74, 6) is 2.14. The molecular weight excluding hydrogens is 324 g/mol. The Kier molecular flexibility index (Phi) is 6.87. The molecule has 0 bridgehead atoms. The van der Waals surface area contributed by atoms with Crippen molar-refractivity contribution in [2.45, 2.75) is 31.5 Å². The van der Waals surface area contributed by atoms with E-state index in [2.05, 4.69) is 22.1 Å². The van der Waals surface area contributed by atoms with E-state index in [4.69, 9.17) is 4.74 Å². The molecular formula is C17H22N4O2S. The number of benzene rings is 1. The van der Waals surface area contributed by atoms with Crippen LogP contribution < -0.4 is 10.1 Å². The normalized spacial score (nSPS) is 10.4. The maximum Gasteiger partial charge on any atom is 0.225 e. The SMILES string of the molecule is C=CCn1c(CC)nnc1SCCC(=O)Nc1ccccc1OC. The number of carbonyl (C=O) groups excluding carboxylic acids is 1. The van der Waals surface area contributed by atoms with Crippen LogP contribution in [0.5, 0.6) is 5.75 Å². The number of thioether (sulfide) groups is 1. The number of aromatic nitrogens is 3. The number of carbonyl (C=O) groups is 1. The highest BCUT2D eigenvalue weighted by Gasteiger charge is 2.12. The first-order valence-corrected chi connectivity index (χ1v) is 8.76. The number of rotatable bonds is 9. The Bertz CT molecular complexity index is 700. The van der Waals surface area contributed by atoms with E-state index in [1.165, 1.54) is 11.8 Å². The lowest BCUT2D eigenvalue weighted by Gasteiger charge is -2.10. The van der Waals surface area contributed by atoms with Gasteiger partial charge in [-0.05, 0) is 12.1 Å². The first-order chi connectivity index (χ1) is 11.7. The average Bonchev–Trinajstić information content (AvgIpc) is 2.98. The van der Waals surface area contributed by atoms with Crippen LogP contribution in [0.2, 0.25) is 0 Å². The van der Waals surface area contributed by atoms with Gasteiger partial charge in [0.25, 0.3) is 0 Å². The molecule has 0 spiro atoms. The smallest absolute Gasteiger partial charge is 0.225 e. The molecule has 2 aromatic rings. The van der Waals surface area contributed by atoms with Crippen LogP contribution >= 0.6 is 11.8 Å². The number of amides is 1. The number of nitrogens with zero attached hydrogens (tertiary/aromatic N) is 3. The highest BCUT2D eigenvalue weighted by molar-refractivity contribution is 7.99. The van der Waals surface area contributed by atoms with E-state index in [9.17, 15) is 4.79 Å². The Morgan fingerprint density at radius 3 is 2.92 bits per heavy atom. The largest absolute Gasteiger partial charge is 0.495 e. The van der Waals surface area contributed by atoms with Gasteiger partial charge in [-0.1, -0.05) is 36.9 Å². The first-order valence-electron chi connectivity index (χ1n) is 7.78. The van der Waals surface area contributed by atoms with Crippen LogP contribution in [0.1, 0.15) is 19.2 Å². The summed E-state index contributed by atoms with van der Waals surface area (Å²) in [6, 6.07) is 7.35. The number of nitrogens with one attached hydrogen (secondary N) is 1. The van der Waals surface area contributed by atoms with E-state index in [1.807, 2.05) is 41.8 Å². The third-order valence-electron chi connectivity index (χ3n) is 3.36. The number of para-hydroxylation sites is 2. The van der Waals surface area contributed by atoms with Gasteiger partial charge in [0.1, 0.15) is 11.6 Å². The van der Waals surface area contributed by atoms with E-state index in [-0.39, 0.29) is 5.91 Å². The van der Waals surface area contributed by atoms with E-state index < -0.39 is 0 Å². The number of hydrogen-bond donors (Lipinski definition) is 1. The van der Waals surface area contributed by atoms with Crippen LogP contribution in [-0.4, -0.2) is 33.5 Å². The lowest BCUT2D eigenvalue weighted by molar-refractivity contribution is -0.115. The monoisotopic (exact) mass is 346 g/mol. The average molecular weight is 346 g/mol. The first kappa shape index (κ1) is 18.1. The van der Waals surface area contributed by atoms with E-state index >= 15 is 0 Å². The summed E-state index contributed by atoms with van der Waals surface area (Å²) >= 11 is 1.52. The fourth-order valence-corrected chi connectivity index (χ4v) is 3.10. The van der Waals surface area contributed by atoms with Crippen molar-refractivity contribution in [3.8, 4) is 5.75 Å². The molecule has 0 aliphatic rings. The molecule has 0 aliphatic carbocycles. The lowest BCUT2D eigenvalue weighted by atomic mass is 10.3. The number of allylic oxidation sites excluding steroid dienone is 1. The zero-order valence-electron chi connectivity index (χ0n) is 14.0. The van der Waals surface area contributed by atoms with Crippen LogP contribution in [0, 0.1) is 0 Å². The van der Waals surface area contributed by atoms with Gasteiger partial charge < -0.3 is 14.6 Å². The van der Waals surface area contributed by atoms with Gasteiger partial charge in [-0.3, -0.25) is 4.79 Å². The van der Waals surface area contributed by atoms with Gasteiger partial charge in [0, 0.05) is 25.1 Å². The fourth-order valence-electron chi connectivity index (χ4n) is 2.20. The number of methoxy groups -OCH3 is 1. The van der Waals surface area contributed by atoms with Crippen molar-refractivity contribution >= 4 is 23.4 Å². The van der Waals surface area contributed by atoms with Crippen LogP contribution in [0.4, 0.5) is 5.69 Å².